The Balaban J connectivity index is 1.91. The van der Waals surface area contributed by atoms with E-state index in [9.17, 15) is 9.59 Å². The first-order valence-corrected chi connectivity index (χ1v) is 5.89. The second kappa shape index (κ2) is 3.75. The molecule has 2 aliphatic carbocycles. The molecule has 0 aromatic carbocycles. The molecule has 0 aromatic heterocycles. The van der Waals surface area contributed by atoms with Crippen molar-refractivity contribution in [2.75, 3.05) is 0 Å². The van der Waals surface area contributed by atoms with Crippen LogP contribution in [0.15, 0.2) is 0 Å². The molecule has 1 N–H and O–H groups in total. The predicted octanol–water partition coefficient (Wildman–Crippen LogP) is 1.88. The van der Waals surface area contributed by atoms with E-state index >= 15 is 0 Å². The monoisotopic (exact) mass is 225 g/mol. The normalized spacial score (nSPS) is 32.9. The third-order valence-electron chi connectivity index (χ3n) is 3.35. The Kier molecular flexibility index (Phi) is 2.68. The van der Waals surface area contributed by atoms with E-state index in [-0.39, 0.29) is 12.0 Å². The highest BCUT2D eigenvalue weighted by molar-refractivity contribution is 5.86. The number of ketones is 1. The number of fused-ring (bicyclic) bond motifs is 2. The van der Waals surface area contributed by atoms with Crippen molar-refractivity contribution in [2.24, 2.45) is 11.8 Å². The maximum absolute atomic E-state index is 11.6. The van der Waals surface area contributed by atoms with Gasteiger partial charge in [0.05, 0.1) is 0 Å². The van der Waals surface area contributed by atoms with E-state index in [1.54, 1.807) is 0 Å². The van der Waals surface area contributed by atoms with Gasteiger partial charge < -0.3 is 10.1 Å². The molecule has 4 heteroatoms. The van der Waals surface area contributed by atoms with E-state index in [2.05, 4.69) is 5.32 Å². The summed E-state index contributed by atoms with van der Waals surface area (Å²) in [5.74, 6) is 0.680. The predicted molar refractivity (Wildman–Crippen MR) is 59.0 cm³/mol. The average molecular weight is 225 g/mol. The van der Waals surface area contributed by atoms with Crippen LogP contribution in [-0.2, 0) is 9.53 Å². The molecular formula is C12H19NO3. The lowest BCUT2D eigenvalue weighted by Crippen LogP contribution is -2.42. The second-order valence-electron chi connectivity index (χ2n) is 5.79. The number of Topliss-reactive ketones (excluding diaryl/α,β-unsaturated/α-hetero) is 1. The van der Waals surface area contributed by atoms with E-state index in [1.807, 2.05) is 20.8 Å². The molecule has 0 unspecified atom stereocenters. The van der Waals surface area contributed by atoms with Crippen molar-refractivity contribution in [3.8, 4) is 0 Å². The van der Waals surface area contributed by atoms with E-state index < -0.39 is 11.7 Å². The fourth-order valence-corrected chi connectivity index (χ4v) is 2.74. The molecule has 0 saturated heterocycles. The van der Waals surface area contributed by atoms with Gasteiger partial charge in [0.15, 0.2) is 0 Å². The molecule has 3 atom stereocenters. The van der Waals surface area contributed by atoms with Gasteiger partial charge in [-0.2, -0.15) is 0 Å². The maximum atomic E-state index is 11.6. The van der Waals surface area contributed by atoms with Gasteiger partial charge in [0, 0.05) is 18.4 Å². The molecule has 0 radical (unpaired) electrons. The zero-order valence-electron chi connectivity index (χ0n) is 10.1. The van der Waals surface area contributed by atoms with Crippen molar-refractivity contribution in [1.82, 2.24) is 5.32 Å². The fourth-order valence-electron chi connectivity index (χ4n) is 2.74. The SMILES string of the molecule is CC(C)(C)OC(=O)N[C@@H]1[C@@H]2CC[C@@H]1C(=O)C2. The van der Waals surface area contributed by atoms with E-state index in [1.165, 1.54) is 0 Å². The standard InChI is InChI=1S/C12H19NO3/c1-12(2,3)16-11(15)13-10-7-4-5-8(10)9(14)6-7/h7-8,10H,4-6H2,1-3H3,(H,13,15)/t7-,8-,10-/m1/s1. The second-order valence-corrected chi connectivity index (χ2v) is 5.79. The lowest BCUT2D eigenvalue weighted by atomic mass is 10.00. The van der Waals surface area contributed by atoms with Crippen molar-refractivity contribution >= 4 is 11.9 Å². The Morgan fingerprint density at radius 1 is 1.38 bits per heavy atom. The minimum Gasteiger partial charge on any atom is -0.444 e. The number of alkyl carbamates (subject to hydrolysis) is 1. The van der Waals surface area contributed by atoms with Crippen LogP contribution in [0.4, 0.5) is 4.79 Å². The summed E-state index contributed by atoms with van der Waals surface area (Å²) in [7, 11) is 0. The van der Waals surface area contributed by atoms with Gasteiger partial charge in [-0.25, -0.2) is 4.79 Å². The maximum Gasteiger partial charge on any atom is 0.407 e. The molecule has 0 spiro atoms. The summed E-state index contributed by atoms with van der Waals surface area (Å²) in [5.41, 5.74) is -0.480. The Bertz CT molecular complexity index is 319. The van der Waals surface area contributed by atoms with Gasteiger partial charge in [0.1, 0.15) is 11.4 Å². The Morgan fingerprint density at radius 3 is 2.50 bits per heavy atom. The molecular weight excluding hydrogens is 206 g/mol. The number of ether oxygens (including phenoxy) is 1. The smallest absolute Gasteiger partial charge is 0.407 e. The zero-order valence-corrected chi connectivity index (χ0v) is 10.1. The molecule has 2 bridgehead atoms. The quantitative estimate of drug-likeness (QED) is 0.741. The van der Waals surface area contributed by atoms with Gasteiger partial charge in [-0.3, -0.25) is 4.79 Å². The van der Waals surface area contributed by atoms with Crippen LogP contribution in [0.1, 0.15) is 40.0 Å². The van der Waals surface area contributed by atoms with Crippen molar-refractivity contribution in [1.29, 1.82) is 0 Å². The molecule has 2 saturated carbocycles. The lowest BCUT2D eigenvalue weighted by Gasteiger charge is -2.23. The van der Waals surface area contributed by atoms with Crippen LogP contribution < -0.4 is 5.32 Å². The molecule has 0 aromatic rings. The average Bonchev–Trinajstić information content (AvgIpc) is 2.57. The first kappa shape index (κ1) is 11.4. The fraction of sp³-hybridized carbons (Fsp3) is 0.833. The van der Waals surface area contributed by atoms with Crippen LogP contribution in [0.25, 0.3) is 0 Å². The van der Waals surface area contributed by atoms with Gasteiger partial charge in [-0.15, -0.1) is 0 Å². The minimum atomic E-state index is -0.480. The van der Waals surface area contributed by atoms with Crippen LogP contribution in [0.3, 0.4) is 0 Å². The molecule has 4 nitrogen and oxygen atoms in total. The van der Waals surface area contributed by atoms with Gasteiger partial charge in [0.2, 0.25) is 0 Å². The van der Waals surface area contributed by atoms with E-state index in [4.69, 9.17) is 4.74 Å². The lowest BCUT2D eigenvalue weighted by molar-refractivity contribution is -0.121. The van der Waals surface area contributed by atoms with Crippen LogP contribution in [0.5, 0.6) is 0 Å². The first-order valence-electron chi connectivity index (χ1n) is 5.89. The number of rotatable bonds is 1. The summed E-state index contributed by atoms with van der Waals surface area (Å²) in [6.07, 6.45) is 2.20. The number of carbonyl (C=O) groups is 2. The van der Waals surface area contributed by atoms with E-state index in [0.29, 0.717) is 18.1 Å². The summed E-state index contributed by atoms with van der Waals surface area (Å²) in [5, 5.41) is 2.85. The Morgan fingerprint density at radius 2 is 2.06 bits per heavy atom. The highest BCUT2D eigenvalue weighted by Gasteiger charge is 2.48. The molecule has 2 rings (SSSR count). The topological polar surface area (TPSA) is 55.4 Å². The summed E-state index contributed by atoms with van der Waals surface area (Å²) in [6.45, 7) is 5.50. The highest BCUT2D eigenvalue weighted by atomic mass is 16.6. The molecule has 2 aliphatic rings. The highest BCUT2D eigenvalue weighted by Crippen LogP contribution is 2.42. The molecule has 90 valence electrons. The number of amides is 1. The third-order valence-corrected chi connectivity index (χ3v) is 3.35. The number of hydrogen-bond donors (Lipinski definition) is 1. The molecule has 16 heavy (non-hydrogen) atoms. The number of nitrogens with one attached hydrogen (secondary N) is 1. The number of hydrogen-bond acceptors (Lipinski definition) is 3. The van der Waals surface area contributed by atoms with Crippen LogP contribution >= 0.6 is 0 Å². The van der Waals surface area contributed by atoms with Gasteiger partial charge in [-0.05, 0) is 39.5 Å². The van der Waals surface area contributed by atoms with E-state index in [0.717, 1.165) is 12.8 Å². The minimum absolute atomic E-state index is 0.0161. The van der Waals surface area contributed by atoms with Gasteiger partial charge >= 0.3 is 6.09 Å². The summed E-state index contributed by atoms with van der Waals surface area (Å²) >= 11 is 0. The Labute approximate surface area is 95.7 Å². The molecule has 2 fully saturated rings. The largest absolute Gasteiger partial charge is 0.444 e. The van der Waals surface area contributed by atoms with Gasteiger partial charge in [-0.1, -0.05) is 0 Å². The third kappa shape index (κ3) is 2.20. The van der Waals surface area contributed by atoms with Crippen molar-refractivity contribution in [3.63, 3.8) is 0 Å². The Hall–Kier alpha value is -1.06. The van der Waals surface area contributed by atoms with Crippen LogP contribution in [-0.4, -0.2) is 23.5 Å². The number of carbonyl (C=O) groups excluding carboxylic acids is 2. The first-order chi connectivity index (χ1) is 7.37. The molecule has 0 heterocycles. The summed E-state index contributed by atoms with van der Waals surface area (Å²) in [4.78, 5) is 23.1. The van der Waals surface area contributed by atoms with Crippen LogP contribution in [0.2, 0.25) is 0 Å². The van der Waals surface area contributed by atoms with Gasteiger partial charge in [0.25, 0.3) is 0 Å². The molecule has 1 amide bonds. The summed E-state index contributed by atoms with van der Waals surface area (Å²) < 4.78 is 5.20. The van der Waals surface area contributed by atoms with Crippen molar-refractivity contribution < 1.29 is 14.3 Å². The zero-order chi connectivity index (χ0) is 11.9. The van der Waals surface area contributed by atoms with Crippen LogP contribution in [0, 0.1) is 11.8 Å². The summed E-state index contributed by atoms with van der Waals surface area (Å²) in [6, 6.07) is 0.0161. The molecule has 0 aliphatic heterocycles. The van der Waals surface area contributed by atoms with Crippen molar-refractivity contribution in [3.05, 3.63) is 0 Å². The van der Waals surface area contributed by atoms with Crippen molar-refractivity contribution in [2.45, 2.75) is 51.7 Å².